The molecule has 1 unspecified atom stereocenters. The number of carbonyl (C=O) groups is 2. The minimum atomic E-state index is -0.490. The van der Waals surface area contributed by atoms with Crippen LogP contribution in [0.3, 0.4) is 0 Å². The van der Waals surface area contributed by atoms with E-state index < -0.39 is 5.60 Å². The van der Waals surface area contributed by atoms with Crippen molar-refractivity contribution >= 4 is 12.0 Å². The third-order valence-electron chi connectivity index (χ3n) is 4.16. The zero-order valence-corrected chi connectivity index (χ0v) is 12.1. The number of pyridine rings is 1. The second-order valence-corrected chi connectivity index (χ2v) is 5.83. The van der Waals surface area contributed by atoms with Crippen molar-refractivity contribution in [1.82, 2.24) is 14.8 Å². The normalized spacial score (nSPS) is 24.7. The number of likely N-dealkylation sites (tertiary alicyclic amines) is 1. The van der Waals surface area contributed by atoms with Crippen molar-refractivity contribution < 1.29 is 14.3 Å². The first kappa shape index (κ1) is 13.9. The largest absolute Gasteiger partial charge is 0.439 e. The first-order valence-corrected chi connectivity index (χ1v) is 7.19. The van der Waals surface area contributed by atoms with E-state index in [1.54, 1.807) is 24.3 Å². The standard InChI is InChI=1S/C15H19N3O3/c1-17-10-15(21-14(17)20)6-8-18(11-15)13(19)5-4-12-3-2-7-16-9-12/h2-3,7,9H,4-6,8,10-11H2,1H3. The van der Waals surface area contributed by atoms with Crippen molar-refractivity contribution in [2.75, 3.05) is 26.7 Å². The number of aryl methyl sites for hydroxylation is 1. The quantitative estimate of drug-likeness (QED) is 0.835. The second kappa shape index (κ2) is 5.35. The van der Waals surface area contributed by atoms with Gasteiger partial charge in [0.05, 0.1) is 13.1 Å². The van der Waals surface area contributed by atoms with Gasteiger partial charge in [0.2, 0.25) is 5.91 Å². The lowest BCUT2D eigenvalue weighted by Gasteiger charge is -2.21. The van der Waals surface area contributed by atoms with Gasteiger partial charge >= 0.3 is 6.09 Å². The highest BCUT2D eigenvalue weighted by molar-refractivity contribution is 5.77. The Hall–Kier alpha value is -2.11. The third-order valence-corrected chi connectivity index (χ3v) is 4.16. The van der Waals surface area contributed by atoms with Crippen LogP contribution in [0.2, 0.25) is 0 Å². The molecule has 6 nitrogen and oxygen atoms in total. The molecule has 1 atom stereocenters. The third kappa shape index (κ3) is 2.84. The number of amides is 2. The number of likely N-dealkylation sites (N-methyl/N-ethyl adjacent to an activating group) is 1. The van der Waals surface area contributed by atoms with Gasteiger partial charge < -0.3 is 14.5 Å². The van der Waals surface area contributed by atoms with E-state index in [4.69, 9.17) is 4.74 Å². The average Bonchev–Trinajstić information content (AvgIpc) is 3.01. The van der Waals surface area contributed by atoms with Crippen LogP contribution in [0, 0.1) is 0 Å². The zero-order valence-electron chi connectivity index (χ0n) is 12.1. The molecule has 2 aliphatic rings. The van der Waals surface area contributed by atoms with Gasteiger partial charge in [0.1, 0.15) is 0 Å². The molecule has 3 heterocycles. The molecule has 0 bridgehead atoms. The summed E-state index contributed by atoms with van der Waals surface area (Å²) in [6, 6.07) is 3.85. The highest BCUT2D eigenvalue weighted by Gasteiger charge is 2.49. The van der Waals surface area contributed by atoms with Gasteiger partial charge in [-0.15, -0.1) is 0 Å². The Bertz CT molecular complexity index is 548. The van der Waals surface area contributed by atoms with Crippen molar-refractivity contribution in [2.45, 2.75) is 24.9 Å². The first-order chi connectivity index (χ1) is 10.1. The highest BCUT2D eigenvalue weighted by Crippen LogP contribution is 2.32. The molecule has 3 rings (SSSR count). The number of carbonyl (C=O) groups excluding carboxylic acids is 2. The van der Waals surface area contributed by atoms with Crippen LogP contribution in [-0.4, -0.2) is 59.1 Å². The number of aromatic nitrogens is 1. The summed E-state index contributed by atoms with van der Waals surface area (Å²) in [4.78, 5) is 31.2. The molecule has 2 amide bonds. The number of nitrogens with zero attached hydrogens (tertiary/aromatic N) is 3. The van der Waals surface area contributed by atoms with Gasteiger partial charge in [-0.3, -0.25) is 9.78 Å². The smallest absolute Gasteiger partial charge is 0.410 e. The van der Waals surface area contributed by atoms with E-state index in [9.17, 15) is 9.59 Å². The van der Waals surface area contributed by atoms with Crippen LogP contribution in [0.15, 0.2) is 24.5 Å². The maximum atomic E-state index is 12.3. The van der Waals surface area contributed by atoms with Crippen LogP contribution in [-0.2, 0) is 16.0 Å². The van der Waals surface area contributed by atoms with Crippen LogP contribution < -0.4 is 0 Å². The van der Waals surface area contributed by atoms with Gasteiger partial charge in [-0.2, -0.15) is 0 Å². The summed E-state index contributed by atoms with van der Waals surface area (Å²) in [5, 5.41) is 0. The fraction of sp³-hybridized carbons (Fsp3) is 0.533. The van der Waals surface area contributed by atoms with Crippen molar-refractivity contribution in [2.24, 2.45) is 0 Å². The zero-order chi connectivity index (χ0) is 14.9. The molecule has 2 aliphatic heterocycles. The fourth-order valence-corrected chi connectivity index (χ4v) is 3.02. The molecule has 2 fully saturated rings. The molecular formula is C15H19N3O3. The summed E-state index contributed by atoms with van der Waals surface area (Å²) in [6.45, 7) is 1.74. The maximum absolute atomic E-state index is 12.3. The Morgan fingerprint density at radius 3 is 3.00 bits per heavy atom. The molecular weight excluding hydrogens is 270 g/mol. The Balaban J connectivity index is 1.54. The summed E-state index contributed by atoms with van der Waals surface area (Å²) >= 11 is 0. The minimum absolute atomic E-state index is 0.112. The summed E-state index contributed by atoms with van der Waals surface area (Å²) < 4.78 is 5.45. The Morgan fingerprint density at radius 1 is 1.48 bits per heavy atom. The summed E-state index contributed by atoms with van der Waals surface area (Å²) in [7, 11) is 1.73. The fourth-order valence-electron chi connectivity index (χ4n) is 3.02. The first-order valence-electron chi connectivity index (χ1n) is 7.19. The highest BCUT2D eigenvalue weighted by atomic mass is 16.6. The van der Waals surface area contributed by atoms with E-state index in [0.29, 0.717) is 32.5 Å². The van der Waals surface area contributed by atoms with Crippen molar-refractivity contribution in [3.8, 4) is 0 Å². The van der Waals surface area contributed by atoms with Crippen LogP contribution in [0.1, 0.15) is 18.4 Å². The molecule has 6 heteroatoms. The van der Waals surface area contributed by atoms with E-state index in [1.165, 1.54) is 0 Å². The van der Waals surface area contributed by atoms with Gasteiger partial charge in [-0.25, -0.2) is 4.79 Å². The molecule has 0 N–H and O–H groups in total. The molecule has 1 spiro atoms. The molecule has 0 aliphatic carbocycles. The molecule has 1 aromatic heterocycles. The number of rotatable bonds is 3. The second-order valence-electron chi connectivity index (χ2n) is 5.83. The lowest BCUT2D eigenvalue weighted by Crippen LogP contribution is -2.39. The predicted octanol–water partition coefficient (Wildman–Crippen LogP) is 1.07. The summed E-state index contributed by atoms with van der Waals surface area (Å²) in [6.07, 6.45) is 5.09. The summed E-state index contributed by atoms with van der Waals surface area (Å²) in [5.41, 5.74) is 0.572. The maximum Gasteiger partial charge on any atom is 0.410 e. The van der Waals surface area contributed by atoms with Crippen LogP contribution >= 0.6 is 0 Å². The average molecular weight is 289 g/mol. The molecule has 1 aromatic rings. The molecule has 21 heavy (non-hydrogen) atoms. The minimum Gasteiger partial charge on any atom is -0.439 e. The number of hydrogen-bond donors (Lipinski definition) is 0. The van der Waals surface area contributed by atoms with Crippen molar-refractivity contribution in [3.63, 3.8) is 0 Å². The lowest BCUT2D eigenvalue weighted by atomic mass is 10.0. The SMILES string of the molecule is CN1CC2(CCN(C(=O)CCc3cccnc3)C2)OC1=O. The predicted molar refractivity (Wildman–Crippen MR) is 75.6 cm³/mol. The monoisotopic (exact) mass is 289 g/mol. The van der Waals surface area contributed by atoms with E-state index >= 15 is 0 Å². The molecule has 0 radical (unpaired) electrons. The van der Waals surface area contributed by atoms with Crippen molar-refractivity contribution in [1.29, 1.82) is 0 Å². The number of hydrogen-bond acceptors (Lipinski definition) is 4. The molecule has 0 aromatic carbocycles. The van der Waals surface area contributed by atoms with Crippen LogP contribution in [0.4, 0.5) is 4.79 Å². The molecule has 0 saturated carbocycles. The topological polar surface area (TPSA) is 62.7 Å². The number of ether oxygens (including phenoxy) is 1. The molecule has 2 saturated heterocycles. The molecule has 112 valence electrons. The van der Waals surface area contributed by atoms with Crippen LogP contribution in [0.5, 0.6) is 0 Å². The van der Waals surface area contributed by atoms with Gasteiger partial charge in [-0.1, -0.05) is 6.07 Å². The van der Waals surface area contributed by atoms with E-state index in [-0.39, 0.29) is 12.0 Å². The van der Waals surface area contributed by atoms with E-state index in [1.807, 2.05) is 17.0 Å². The van der Waals surface area contributed by atoms with Gasteiger partial charge in [0.15, 0.2) is 5.60 Å². The van der Waals surface area contributed by atoms with Gasteiger partial charge in [-0.05, 0) is 18.1 Å². The van der Waals surface area contributed by atoms with Crippen molar-refractivity contribution in [3.05, 3.63) is 30.1 Å². The lowest BCUT2D eigenvalue weighted by molar-refractivity contribution is -0.130. The Morgan fingerprint density at radius 2 is 2.33 bits per heavy atom. The Labute approximate surface area is 123 Å². The summed E-state index contributed by atoms with van der Waals surface area (Å²) in [5.74, 6) is 0.112. The van der Waals surface area contributed by atoms with Gasteiger partial charge in [0.25, 0.3) is 0 Å². The van der Waals surface area contributed by atoms with Crippen LogP contribution in [0.25, 0.3) is 0 Å². The van der Waals surface area contributed by atoms with E-state index in [2.05, 4.69) is 4.98 Å². The van der Waals surface area contributed by atoms with E-state index in [0.717, 1.165) is 12.0 Å². The van der Waals surface area contributed by atoms with Gasteiger partial charge in [0, 0.05) is 38.8 Å². The Kier molecular flexibility index (Phi) is 3.53.